The predicted molar refractivity (Wildman–Crippen MR) is 82.8 cm³/mol. The fourth-order valence-electron chi connectivity index (χ4n) is 2.45. The van der Waals surface area contributed by atoms with Crippen molar-refractivity contribution in [2.45, 2.75) is 25.4 Å². The Morgan fingerprint density at radius 2 is 2.18 bits per heavy atom. The average Bonchev–Trinajstić information content (AvgIpc) is 3.39. The van der Waals surface area contributed by atoms with Crippen LogP contribution in [0.25, 0.3) is 0 Å². The molecule has 1 aromatic carbocycles. The van der Waals surface area contributed by atoms with E-state index in [0.717, 1.165) is 24.2 Å². The molecule has 112 valence electrons. The van der Waals surface area contributed by atoms with Gasteiger partial charge < -0.3 is 14.7 Å². The average molecular weight is 295 g/mol. The number of hydrogen-bond acceptors (Lipinski definition) is 5. The van der Waals surface area contributed by atoms with Crippen LogP contribution in [0.3, 0.4) is 0 Å². The van der Waals surface area contributed by atoms with Gasteiger partial charge in [0.25, 0.3) is 0 Å². The number of hydrogen-bond donors (Lipinski definition) is 1. The quantitative estimate of drug-likeness (QED) is 0.918. The van der Waals surface area contributed by atoms with E-state index in [4.69, 9.17) is 10.00 Å². The molecule has 1 saturated carbocycles. The maximum absolute atomic E-state index is 9.69. The number of nitriles is 1. The van der Waals surface area contributed by atoms with Crippen molar-refractivity contribution < 1.29 is 9.84 Å². The molecule has 22 heavy (non-hydrogen) atoms. The molecule has 1 heterocycles. The zero-order valence-electron chi connectivity index (χ0n) is 12.4. The third-order valence-electron chi connectivity index (χ3n) is 3.73. The SMILES string of the molecule is COc1cc(CN(c2cccc(C#N)n2)C2CC2)ccc1O. The lowest BCUT2D eigenvalue weighted by Crippen LogP contribution is -2.26. The number of methoxy groups -OCH3 is 1. The maximum atomic E-state index is 9.69. The van der Waals surface area contributed by atoms with Crippen molar-refractivity contribution in [2.24, 2.45) is 0 Å². The Balaban J connectivity index is 1.87. The lowest BCUT2D eigenvalue weighted by molar-refractivity contribution is 0.373. The van der Waals surface area contributed by atoms with Gasteiger partial charge in [0.2, 0.25) is 0 Å². The van der Waals surface area contributed by atoms with Gasteiger partial charge in [0.15, 0.2) is 11.5 Å². The smallest absolute Gasteiger partial charge is 0.160 e. The largest absolute Gasteiger partial charge is 0.504 e. The van der Waals surface area contributed by atoms with Crippen LogP contribution >= 0.6 is 0 Å². The molecule has 0 radical (unpaired) electrons. The molecule has 1 aliphatic rings. The lowest BCUT2D eigenvalue weighted by atomic mass is 10.2. The second-order valence-electron chi connectivity index (χ2n) is 5.36. The Kier molecular flexibility index (Phi) is 3.84. The first kappa shape index (κ1) is 14.2. The van der Waals surface area contributed by atoms with E-state index in [1.165, 1.54) is 7.11 Å². The Bertz CT molecular complexity index is 720. The highest BCUT2D eigenvalue weighted by molar-refractivity contribution is 5.47. The van der Waals surface area contributed by atoms with Crippen molar-refractivity contribution in [1.82, 2.24) is 4.98 Å². The molecule has 2 aromatic rings. The number of anilines is 1. The van der Waals surface area contributed by atoms with Crippen molar-refractivity contribution in [3.8, 4) is 17.6 Å². The fraction of sp³-hybridized carbons (Fsp3) is 0.294. The summed E-state index contributed by atoms with van der Waals surface area (Å²) < 4.78 is 5.16. The highest BCUT2D eigenvalue weighted by atomic mass is 16.5. The van der Waals surface area contributed by atoms with Crippen molar-refractivity contribution >= 4 is 5.82 Å². The van der Waals surface area contributed by atoms with E-state index in [1.807, 2.05) is 24.3 Å². The molecule has 5 nitrogen and oxygen atoms in total. The van der Waals surface area contributed by atoms with Crippen LogP contribution in [-0.4, -0.2) is 23.2 Å². The summed E-state index contributed by atoms with van der Waals surface area (Å²) in [6, 6.07) is 13.4. The number of nitrogens with zero attached hydrogens (tertiary/aromatic N) is 3. The first-order chi connectivity index (χ1) is 10.7. The summed E-state index contributed by atoms with van der Waals surface area (Å²) in [5.41, 5.74) is 1.46. The van der Waals surface area contributed by atoms with Gasteiger partial charge in [-0.2, -0.15) is 5.26 Å². The first-order valence-corrected chi connectivity index (χ1v) is 7.21. The molecule has 0 amide bonds. The van der Waals surface area contributed by atoms with Crippen molar-refractivity contribution in [3.05, 3.63) is 47.7 Å². The maximum Gasteiger partial charge on any atom is 0.160 e. The summed E-state index contributed by atoms with van der Waals surface area (Å²) >= 11 is 0. The number of ether oxygens (including phenoxy) is 1. The number of rotatable bonds is 5. The Labute approximate surface area is 129 Å². The second-order valence-corrected chi connectivity index (χ2v) is 5.36. The number of phenolic OH excluding ortho intramolecular Hbond substituents is 1. The van der Waals surface area contributed by atoms with Gasteiger partial charge in [-0.05, 0) is 42.7 Å². The normalized spacial score (nSPS) is 13.5. The van der Waals surface area contributed by atoms with E-state index >= 15 is 0 Å². The van der Waals surface area contributed by atoms with E-state index in [2.05, 4.69) is 16.0 Å². The molecule has 1 fully saturated rings. The molecule has 0 spiro atoms. The molecule has 3 rings (SSSR count). The minimum atomic E-state index is 0.133. The summed E-state index contributed by atoms with van der Waals surface area (Å²) in [6.45, 7) is 0.670. The third kappa shape index (κ3) is 2.96. The van der Waals surface area contributed by atoms with E-state index in [-0.39, 0.29) is 5.75 Å². The molecular formula is C17H17N3O2. The van der Waals surface area contributed by atoms with Crippen LogP contribution in [0.2, 0.25) is 0 Å². The van der Waals surface area contributed by atoms with Crippen LogP contribution in [0.15, 0.2) is 36.4 Å². The van der Waals surface area contributed by atoms with Crippen molar-refractivity contribution in [3.63, 3.8) is 0 Å². The zero-order chi connectivity index (χ0) is 15.5. The Morgan fingerprint density at radius 3 is 2.86 bits per heavy atom. The summed E-state index contributed by atoms with van der Waals surface area (Å²) in [6.07, 6.45) is 2.27. The number of benzene rings is 1. The van der Waals surface area contributed by atoms with Crippen LogP contribution in [0.4, 0.5) is 5.82 Å². The van der Waals surface area contributed by atoms with Gasteiger partial charge in [-0.25, -0.2) is 4.98 Å². The highest BCUT2D eigenvalue weighted by Gasteiger charge is 2.30. The molecular weight excluding hydrogens is 278 g/mol. The van der Waals surface area contributed by atoms with Gasteiger partial charge in [-0.1, -0.05) is 12.1 Å². The van der Waals surface area contributed by atoms with Crippen LogP contribution in [-0.2, 0) is 6.54 Å². The zero-order valence-corrected chi connectivity index (χ0v) is 12.4. The van der Waals surface area contributed by atoms with Crippen LogP contribution in [0.5, 0.6) is 11.5 Å². The highest BCUT2D eigenvalue weighted by Crippen LogP contribution is 2.33. The van der Waals surface area contributed by atoms with Gasteiger partial charge in [0.05, 0.1) is 7.11 Å². The summed E-state index contributed by atoms with van der Waals surface area (Å²) in [5.74, 6) is 1.41. The van der Waals surface area contributed by atoms with Crippen molar-refractivity contribution in [1.29, 1.82) is 5.26 Å². The summed E-state index contributed by atoms with van der Waals surface area (Å²) in [7, 11) is 1.54. The standard InChI is InChI=1S/C17H17N3O2/c1-22-16-9-12(5-8-15(16)21)11-20(14-6-7-14)17-4-2-3-13(10-18)19-17/h2-5,8-9,14,21H,6-7,11H2,1H3. The minimum Gasteiger partial charge on any atom is -0.504 e. The second kappa shape index (κ2) is 5.94. The van der Waals surface area contributed by atoms with Gasteiger partial charge in [-0.15, -0.1) is 0 Å². The first-order valence-electron chi connectivity index (χ1n) is 7.21. The molecule has 0 aliphatic heterocycles. The topological polar surface area (TPSA) is 69.4 Å². The molecule has 0 unspecified atom stereocenters. The number of phenols is 1. The van der Waals surface area contributed by atoms with E-state index in [9.17, 15) is 5.11 Å². The summed E-state index contributed by atoms with van der Waals surface area (Å²) in [5, 5.41) is 18.7. The fourth-order valence-corrected chi connectivity index (χ4v) is 2.45. The van der Waals surface area contributed by atoms with E-state index in [1.54, 1.807) is 12.1 Å². The monoisotopic (exact) mass is 295 g/mol. The Morgan fingerprint density at radius 1 is 1.36 bits per heavy atom. The van der Waals surface area contributed by atoms with E-state index < -0.39 is 0 Å². The van der Waals surface area contributed by atoms with Gasteiger partial charge in [-0.3, -0.25) is 0 Å². The molecule has 1 N–H and O–H groups in total. The minimum absolute atomic E-state index is 0.133. The number of aromatic nitrogens is 1. The van der Waals surface area contributed by atoms with Crippen LogP contribution in [0, 0.1) is 11.3 Å². The number of pyridine rings is 1. The lowest BCUT2D eigenvalue weighted by Gasteiger charge is -2.24. The summed E-state index contributed by atoms with van der Waals surface area (Å²) in [4.78, 5) is 6.59. The van der Waals surface area contributed by atoms with Gasteiger partial charge in [0, 0.05) is 12.6 Å². The molecule has 5 heteroatoms. The Hall–Kier alpha value is -2.74. The van der Waals surface area contributed by atoms with E-state index in [0.29, 0.717) is 24.0 Å². The predicted octanol–water partition coefficient (Wildman–Crippen LogP) is 2.84. The molecule has 0 bridgehead atoms. The van der Waals surface area contributed by atoms with Crippen molar-refractivity contribution in [2.75, 3.05) is 12.0 Å². The molecule has 0 atom stereocenters. The van der Waals surface area contributed by atoms with Gasteiger partial charge >= 0.3 is 0 Å². The number of aromatic hydroxyl groups is 1. The third-order valence-corrected chi connectivity index (χ3v) is 3.73. The van der Waals surface area contributed by atoms with Crippen LogP contribution < -0.4 is 9.64 Å². The van der Waals surface area contributed by atoms with Crippen LogP contribution in [0.1, 0.15) is 24.1 Å². The molecule has 1 aromatic heterocycles. The molecule has 1 aliphatic carbocycles. The van der Waals surface area contributed by atoms with Gasteiger partial charge in [0.1, 0.15) is 17.6 Å². The molecule has 0 saturated heterocycles.